The molecule has 9 nitrogen and oxygen atoms in total. The van der Waals surface area contributed by atoms with Crippen molar-refractivity contribution in [3.05, 3.63) is 46.0 Å². The summed E-state index contributed by atoms with van der Waals surface area (Å²) in [4.78, 5) is 28.5. The number of urea groups is 1. The fourth-order valence-electron chi connectivity index (χ4n) is 3.83. The zero-order valence-electron chi connectivity index (χ0n) is 16.0. The number of rotatable bonds is 3. The Labute approximate surface area is 176 Å². The van der Waals surface area contributed by atoms with Crippen LogP contribution in [0.25, 0.3) is 0 Å². The van der Waals surface area contributed by atoms with Gasteiger partial charge < -0.3 is 25.3 Å². The molecule has 2 aliphatic rings. The molecular formula is C19H21ClFN5O4. The number of carbonyl (C=O) groups is 2. The normalized spacial score (nSPS) is 18.7. The van der Waals surface area contributed by atoms with Crippen LogP contribution in [0, 0.1) is 11.7 Å². The molecule has 3 amide bonds. The van der Waals surface area contributed by atoms with Crippen LogP contribution in [-0.2, 0) is 19.5 Å². The van der Waals surface area contributed by atoms with E-state index in [2.05, 4.69) is 10.4 Å². The molecule has 1 atom stereocenters. The highest BCUT2D eigenvalue weighted by Gasteiger charge is 2.35. The molecule has 0 saturated heterocycles. The van der Waals surface area contributed by atoms with Gasteiger partial charge in [0, 0.05) is 49.8 Å². The van der Waals surface area contributed by atoms with Gasteiger partial charge in [0.05, 0.1) is 17.3 Å². The molecule has 3 N–H and O–H groups in total. The Bertz CT molecular complexity index is 998. The maximum atomic E-state index is 13.3. The van der Waals surface area contributed by atoms with E-state index >= 15 is 0 Å². The van der Waals surface area contributed by atoms with E-state index < -0.39 is 18.6 Å². The molecule has 160 valence electrons. The molecule has 1 aromatic carbocycles. The number of hydrogen-bond acceptors (Lipinski definition) is 5. The number of benzene rings is 1. The standard InChI is InChI=1S/C19H21ClFN5O4/c20-14-5-12(1-2-15(14)21)22-19(30)24-4-3-16-13(8-24)17-18(29)25(10-28)6-11(9-27)7-26(17)23-16/h1-2,5,11,27-28H,3-4,6-10H2,(H,22,30). The van der Waals surface area contributed by atoms with Gasteiger partial charge >= 0.3 is 6.03 Å². The smallest absolute Gasteiger partial charge is 0.322 e. The number of halogens is 2. The van der Waals surface area contributed by atoms with Gasteiger partial charge in [0.1, 0.15) is 18.2 Å². The number of aliphatic hydroxyl groups is 2. The van der Waals surface area contributed by atoms with Gasteiger partial charge in [-0.1, -0.05) is 11.6 Å². The predicted octanol–water partition coefficient (Wildman–Crippen LogP) is 1.28. The van der Waals surface area contributed by atoms with E-state index in [0.29, 0.717) is 36.5 Å². The minimum absolute atomic E-state index is 0.0937. The van der Waals surface area contributed by atoms with Crippen molar-refractivity contribution in [2.24, 2.45) is 5.92 Å². The Morgan fingerprint density at radius 2 is 2.13 bits per heavy atom. The predicted molar refractivity (Wildman–Crippen MR) is 105 cm³/mol. The lowest BCUT2D eigenvalue weighted by Gasteiger charge is -2.27. The lowest BCUT2D eigenvalue weighted by molar-refractivity contribution is 0.0484. The number of carbonyl (C=O) groups excluding carboxylic acids is 2. The summed E-state index contributed by atoms with van der Waals surface area (Å²) in [5.74, 6) is -1.20. The highest BCUT2D eigenvalue weighted by molar-refractivity contribution is 6.31. The van der Waals surface area contributed by atoms with Crippen molar-refractivity contribution < 1.29 is 24.2 Å². The minimum Gasteiger partial charge on any atom is -0.396 e. The van der Waals surface area contributed by atoms with E-state index in [0.717, 1.165) is 5.69 Å². The average Bonchev–Trinajstić information content (AvgIpc) is 3.03. The van der Waals surface area contributed by atoms with Gasteiger partial charge in [0.25, 0.3) is 5.91 Å². The Morgan fingerprint density at radius 3 is 2.83 bits per heavy atom. The lowest BCUT2D eigenvalue weighted by atomic mass is 10.0. The SMILES string of the molecule is O=C(Nc1ccc(F)c(Cl)c1)N1CCc2nn3c(c2C1)C(=O)N(CO)CC(CO)C3. The van der Waals surface area contributed by atoms with Crippen molar-refractivity contribution in [2.45, 2.75) is 19.5 Å². The maximum Gasteiger partial charge on any atom is 0.322 e. The molecule has 1 aromatic heterocycles. The lowest BCUT2D eigenvalue weighted by Crippen LogP contribution is -2.40. The summed E-state index contributed by atoms with van der Waals surface area (Å²) in [6, 6.07) is 3.51. The first kappa shape index (κ1) is 20.6. The van der Waals surface area contributed by atoms with Gasteiger partial charge in [-0.05, 0) is 18.2 Å². The zero-order chi connectivity index (χ0) is 21.4. The van der Waals surface area contributed by atoms with Crippen molar-refractivity contribution in [3.8, 4) is 0 Å². The van der Waals surface area contributed by atoms with E-state index in [1.54, 1.807) is 4.68 Å². The van der Waals surface area contributed by atoms with Crippen molar-refractivity contribution in [1.29, 1.82) is 0 Å². The zero-order valence-corrected chi connectivity index (χ0v) is 16.8. The van der Waals surface area contributed by atoms with E-state index in [1.165, 1.54) is 28.0 Å². The number of aliphatic hydroxyl groups excluding tert-OH is 2. The van der Waals surface area contributed by atoms with Crippen molar-refractivity contribution in [2.75, 3.05) is 31.7 Å². The Hall–Kier alpha value is -2.69. The highest BCUT2D eigenvalue weighted by atomic mass is 35.5. The molecule has 4 rings (SSSR count). The molecule has 1 unspecified atom stereocenters. The topological polar surface area (TPSA) is 111 Å². The summed E-state index contributed by atoms with van der Waals surface area (Å²) in [6.45, 7) is 0.528. The number of fused-ring (bicyclic) bond motifs is 3. The number of nitrogens with zero attached hydrogens (tertiary/aromatic N) is 4. The van der Waals surface area contributed by atoms with Gasteiger partial charge in [-0.2, -0.15) is 5.10 Å². The fraction of sp³-hybridized carbons (Fsp3) is 0.421. The first-order valence-electron chi connectivity index (χ1n) is 9.51. The van der Waals surface area contributed by atoms with Crippen LogP contribution in [0.5, 0.6) is 0 Å². The van der Waals surface area contributed by atoms with Gasteiger partial charge in [0.15, 0.2) is 0 Å². The third-order valence-electron chi connectivity index (χ3n) is 5.39. The van der Waals surface area contributed by atoms with E-state index in [4.69, 9.17) is 11.6 Å². The number of amides is 3. The van der Waals surface area contributed by atoms with Crippen LogP contribution >= 0.6 is 11.6 Å². The summed E-state index contributed by atoms with van der Waals surface area (Å²) < 4.78 is 14.9. The van der Waals surface area contributed by atoms with Gasteiger partial charge in [-0.25, -0.2) is 9.18 Å². The largest absolute Gasteiger partial charge is 0.396 e. The summed E-state index contributed by atoms with van der Waals surface area (Å²) >= 11 is 5.77. The van der Waals surface area contributed by atoms with Gasteiger partial charge in [-0.3, -0.25) is 9.48 Å². The summed E-state index contributed by atoms with van der Waals surface area (Å²) in [5, 5.41) is 26.3. The van der Waals surface area contributed by atoms with Crippen molar-refractivity contribution in [1.82, 2.24) is 19.6 Å². The molecule has 0 radical (unpaired) electrons. The number of hydrogen-bond donors (Lipinski definition) is 3. The monoisotopic (exact) mass is 437 g/mol. The Kier molecular flexibility index (Phi) is 5.63. The van der Waals surface area contributed by atoms with Crippen LogP contribution in [0.2, 0.25) is 5.02 Å². The molecule has 0 fully saturated rings. The number of nitrogens with one attached hydrogen (secondary N) is 1. The molecule has 2 aliphatic heterocycles. The van der Waals surface area contributed by atoms with Crippen LogP contribution in [0.1, 0.15) is 21.7 Å². The molecule has 0 saturated carbocycles. The molecular weight excluding hydrogens is 417 g/mol. The third-order valence-corrected chi connectivity index (χ3v) is 5.68. The van der Waals surface area contributed by atoms with E-state index in [1.807, 2.05) is 0 Å². The van der Waals surface area contributed by atoms with Crippen LogP contribution in [0.3, 0.4) is 0 Å². The second-order valence-corrected chi connectivity index (χ2v) is 7.81. The third kappa shape index (κ3) is 3.73. The molecule has 11 heteroatoms. The molecule has 0 bridgehead atoms. The summed E-state index contributed by atoms with van der Waals surface area (Å²) in [5.41, 5.74) is 2.05. The number of anilines is 1. The van der Waals surface area contributed by atoms with Crippen molar-refractivity contribution >= 4 is 29.2 Å². The molecule has 2 aromatic rings. The van der Waals surface area contributed by atoms with Crippen LogP contribution in [0.15, 0.2) is 18.2 Å². The molecule has 0 spiro atoms. The average molecular weight is 438 g/mol. The van der Waals surface area contributed by atoms with Gasteiger partial charge in [-0.15, -0.1) is 0 Å². The molecule has 30 heavy (non-hydrogen) atoms. The highest BCUT2D eigenvalue weighted by Crippen LogP contribution is 2.27. The summed E-state index contributed by atoms with van der Waals surface area (Å²) in [6.07, 6.45) is 0.461. The van der Waals surface area contributed by atoms with Crippen LogP contribution in [-0.4, -0.2) is 68.2 Å². The number of aromatic nitrogens is 2. The fourth-order valence-corrected chi connectivity index (χ4v) is 4.01. The first-order chi connectivity index (χ1) is 14.4. The summed E-state index contributed by atoms with van der Waals surface area (Å²) in [7, 11) is 0. The van der Waals surface area contributed by atoms with Crippen molar-refractivity contribution in [3.63, 3.8) is 0 Å². The minimum atomic E-state index is -0.576. The van der Waals surface area contributed by atoms with Gasteiger partial charge in [0.2, 0.25) is 0 Å². The second-order valence-electron chi connectivity index (χ2n) is 7.40. The molecule has 3 heterocycles. The Balaban J connectivity index is 1.58. The first-order valence-corrected chi connectivity index (χ1v) is 9.89. The van der Waals surface area contributed by atoms with E-state index in [9.17, 15) is 24.2 Å². The maximum absolute atomic E-state index is 13.3. The van der Waals surface area contributed by atoms with Crippen LogP contribution in [0.4, 0.5) is 14.9 Å². The second kappa shape index (κ2) is 8.21. The van der Waals surface area contributed by atoms with E-state index in [-0.39, 0.29) is 36.5 Å². The quantitative estimate of drug-likeness (QED) is 0.670. The molecule has 0 aliphatic carbocycles. The Morgan fingerprint density at radius 1 is 1.33 bits per heavy atom. The van der Waals surface area contributed by atoms with Crippen LogP contribution < -0.4 is 5.32 Å².